The smallest absolute Gasteiger partial charge is 0.273 e. The number of amides is 1. The zero-order valence-corrected chi connectivity index (χ0v) is 17.8. The van der Waals surface area contributed by atoms with Gasteiger partial charge in [0, 0.05) is 10.6 Å². The van der Waals surface area contributed by atoms with Crippen molar-refractivity contribution in [1.82, 2.24) is 5.43 Å². The third-order valence-electron chi connectivity index (χ3n) is 4.16. The van der Waals surface area contributed by atoms with Crippen LogP contribution < -0.4 is 14.9 Å². The van der Waals surface area contributed by atoms with Crippen molar-refractivity contribution in [2.45, 2.75) is 4.90 Å². The first-order chi connectivity index (χ1) is 14.8. The highest BCUT2D eigenvalue weighted by Gasteiger charge is 2.18. The molecule has 0 spiro atoms. The van der Waals surface area contributed by atoms with E-state index in [2.05, 4.69) is 15.2 Å². The number of rotatable bonds is 7. The molecule has 0 atom stereocenters. The van der Waals surface area contributed by atoms with Crippen molar-refractivity contribution in [2.75, 3.05) is 11.8 Å². The zero-order valence-electron chi connectivity index (χ0n) is 16.2. The molecular formula is C21H18ClN3O5S. The van der Waals surface area contributed by atoms with Gasteiger partial charge in [-0.2, -0.15) is 5.10 Å². The Morgan fingerprint density at radius 3 is 2.48 bits per heavy atom. The van der Waals surface area contributed by atoms with Crippen LogP contribution in [0.5, 0.6) is 11.5 Å². The van der Waals surface area contributed by atoms with Crippen molar-refractivity contribution < 1.29 is 23.1 Å². The number of hydrazone groups is 1. The number of nitrogens with one attached hydrogen (secondary N) is 2. The highest BCUT2D eigenvalue weighted by atomic mass is 35.5. The number of ether oxygens (including phenoxy) is 1. The van der Waals surface area contributed by atoms with Gasteiger partial charge in [0.15, 0.2) is 11.5 Å². The lowest BCUT2D eigenvalue weighted by atomic mass is 10.2. The molecule has 3 N–H and O–H groups in total. The predicted octanol–water partition coefficient (Wildman–Crippen LogP) is 3.62. The molecular weight excluding hydrogens is 442 g/mol. The number of phenols is 1. The fraction of sp³-hybridized carbons (Fsp3) is 0.0476. The Balaban J connectivity index is 1.78. The van der Waals surface area contributed by atoms with Crippen LogP contribution in [0.15, 0.2) is 76.7 Å². The number of phenolic OH excluding ortho intramolecular Hbond substituents is 1. The average Bonchev–Trinajstić information content (AvgIpc) is 2.75. The molecule has 0 saturated heterocycles. The Morgan fingerprint density at radius 2 is 1.77 bits per heavy atom. The summed E-state index contributed by atoms with van der Waals surface area (Å²) < 4.78 is 32.7. The molecule has 8 nitrogen and oxygen atoms in total. The lowest BCUT2D eigenvalue weighted by Crippen LogP contribution is -2.21. The van der Waals surface area contributed by atoms with Gasteiger partial charge in [-0.1, -0.05) is 29.8 Å². The summed E-state index contributed by atoms with van der Waals surface area (Å²) in [6, 6.07) is 16.5. The number of methoxy groups -OCH3 is 1. The second-order valence-corrected chi connectivity index (χ2v) is 8.32. The van der Waals surface area contributed by atoms with Gasteiger partial charge in [-0.05, 0) is 48.5 Å². The summed E-state index contributed by atoms with van der Waals surface area (Å²) >= 11 is 5.80. The molecule has 1 amide bonds. The number of hydrogen-bond acceptors (Lipinski definition) is 6. The number of halogens is 1. The van der Waals surface area contributed by atoms with Crippen LogP contribution in [0.25, 0.3) is 0 Å². The minimum Gasteiger partial charge on any atom is -0.504 e. The van der Waals surface area contributed by atoms with Gasteiger partial charge < -0.3 is 9.84 Å². The van der Waals surface area contributed by atoms with E-state index in [0.717, 1.165) is 0 Å². The largest absolute Gasteiger partial charge is 0.504 e. The molecule has 3 aromatic rings. The fourth-order valence-corrected chi connectivity index (χ4v) is 3.82. The van der Waals surface area contributed by atoms with Crippen molar-refractivity contribution >= 4 is 39.4 Å². The van der Waals surface area contributed by atoms with Gasteiger partial charge in [-0.3, -0.25) is 9.52 Å². The number of carbonyl (C=O) groups is 1. The maximum atomic E-state index is 12.6. The van der Waals surface area contributed by atoms with Crippen molar-refractivity contribution in [3.05, 3.63) is 82.9 Å². The highest BCUT2D eigenvalue weighted by Crippen LogP contribution is 2.28. The van der Waals surface area contributed by atoms with E-state index in [1.54, 1.807) is 30.3 Å². The molecule has 3 aromatic carbocycles. The van der Waals surface area contributed by atoms with E-state index >= 15 is 0 Å². The van der Waals surface area contributed by atoms with E-state index in [0.29, 0.717) is 10.6 Å². The number of aromatic hydroxyl groups is 1. The Kier molecular flexibility index (Phi) is 6.78. The summed E-state index contributed by atoms with van der Waals surface area (Å²) in [7, 11) is -2.52. The summed E-state index contributed by atoms with van der Waals surface area (Å²) in [5.41, 5.74) is 2.78. The van der Waals surface area contributed by atoms with Gasteiger partial charge in [0.2, 0.25) is 0 Å². The number of carbonyl (C=O) groups excluding carboxylic acids is 1. The van der Waals surface area contributed by atoms with Crippen LogP contribution in [0, 0.1) is 0 Å². The molecule has 0 aromatic heterocycles. The van der Waals surface area contributed by atoms with Gasteiger partial charge in [0.05, 0.1) is 29.5 Å². The first kappa shape index (κ1) is 22.1. The third-order valence-corrected chi connectivity index (χ3v) is 5.79. The van der Waals surface area contributed by atoms with Crippen LogP contribution >= 0.6 is 11.6 Å². The van der Waals surface area contributed by atoms with Gasteiger partial charge >= 0.3 is 0 Å². The van der Waals surface area contributed by atoms with Gasteiger partial charge in [-0.15, -0.1) is 0 Å². The molecule has 10 heteroatoms. The van der Waals surface area contributed by atoms with E-state index in [4.69, 9.17) is 16.3 Å². The quantitative estimate of drug-likeness (QED) is 0.368. The summed E-state index contributed by atoms with van der Waals surface area (Å²) in [6.07, 6.45) is 1.25. The van der Waals surface area contributed by atoms with Crippen LogP contribution in [0.3, 0.4) is 0 Å². The lowest BCUT2D eigenvalue weighted by molar-refractivity contribution is 0.0956. The number of anilines is 1. The SMILES string of the molecule is COc1cccc(/C=N/NC(=O)c2ccccc2NS(=O)(=O)c2ccc(Cl)cc2)c1O. The summed E-state index contributed by atoms with van der Waals surface area (Å²) in [5.74, 6) is -0.510. The highest BCUT2D eigenvalue weighted by molar-refractivity contribution is 7.92. The molecule has 0 bridgehead atoms. The monoisotopic (exact) mass is 459 g/mol. The molecule has 31 heavy (non-hydrogen) atoms. The van der Waals surface area contributed by atoms with Crippen LogP contribution in [0.4, 0.5) is 5.69 Å². The van der Waals surface area contributed by atoms with Crippen molar-refractivity contribution in [1.29, 1.82) is 0 Å². The maximum Gasteiger partial charge on any atom is 0.273 e. The molecule has 0 aliphatic rings. The number of sulfonamides is 1. The molecule has 0 radical (unpaired) electrons. The maximum absolute atomic E-state index is 12.6. The predicted molar refractivity (Wildman–Crippen MR) is 118 cm³/mol. The van der Waals surface area contributed by atoms with Gasteiger partial charge in [0.1, 0.15) is 0 Å². The normalized spacial score (nSPS) is 11.3. The van der Waals surface area contributed by atoms with Crippen LogP contribution in [-0.4, -0.2) is 32.8 Å². The van der Waals surface area contributed by atoms with E-state index in [1.807, 2.05) is 0 Å². The lowest BCUT2D eigenvalue weighted by Gasteiger charge is -2.12. The van der Waals surface area contributed by atoms with E-state index in [1.165, 1.54) is 49.7 Å². The average molecular weight is 460 g/mol. The number of nitrogens with zero attached hydrogens (tertiary/aromatic N) is 1. The van der Waals surface area contributed by atoms with Gasteiger partial charge in [-0.25, -0.2) is 13.8 Å². The zero-order chi connectivity index (χ0) is 22.4. The number of para-hydroxylation sites is 2. The molecule has 0 saturated carbocycles. The number of hydrogen-bond donors (Lipinski definition) is 3. The van der Waals surface area contributed by atoms with Crippen molar-refractivity contribution in [3.63, 3.8) is 0 Å². The Labute approximate surface area is 184 Å². The van der Waals surface area contributed by atoms with Crippen molar-refractivity contribution in [3.8, 4) is 11.5 Å². The first-order valence-corrected chi connectivity index (χ1v) is 10.7. The minimum absolute atomic E-state index is 0.00127. The minimum atomic E-state index is -3.94. The fourth-order valence-electron chi connectivity index (χ4n) is 2.62. The molecule has 0 fully saturated rings. The van der Waals surface area contributed by atoms with Gasteiger partial charge in [0.25, 0.3) is 15.9 Å². The second kappa shape index (κ2) is 9.50. The second-order valence-electron chi connectivity index (χ2n) is 6.20. The third kappa shape index (κ3) is 5.33. The molecule has 0 unspecified atom stereocenters. The Morgan fingerprint density at radius 1 is 1.06 bits per heavy atom. The van der Waals surface area contributed by atoms with Crippen LogP contribution in [0.2, 0.25) is 5.02 Å². The first-order valence-electron chi connectivity index (χ1n) is 8.88. The van der Waals surface area contributed by atoms with Crippen LogP contribution in [-0.2, 0) is 10.0 Å². The molecule has 3 rings (SSSR count). The van der Waals surface area contributed by atoms with E-state index < -0.39 is 15.9 Å². The standard InChI is InChI=1S/C21H18ClN3O5S/c1-30-19-8-4-5-14(20(19)26)13-23-24-21(27)17-6-2-3-7-18(17)25-31(28,29)16-11-9-15(22)10-12-16/h2-13,25-26H,1H3,(H,24,27)/b23-13+. The molecule has 160 valence electrons. The van der Waals surface area contributed by atoms with E-state index in [-0.39, 0.29) is 27.6 Å². The topological polar surface area (TPSA) is 117 Å². The molecule has 0 aliphatic carbocycles. The summed E-state index contributed by atoms with van der Waals surface area (Å²) in [4.78, 5) is 12.6. The van der Waals surface area contributed by atoms with Crippen molar-refractivity contribution in [2.24, 2.45) is 5.10 Å². The van der Waals surface area contributed by atoms with Crippen LogP contribution in [0.1, 0.15) is 15.9 Å². The Hall–Kier alpha value is -3.56. The summed E-state index contributed by atoms with van der Waals surface area (Å²) in [6.45, 7) is 0. The molecule has 0 aliphatic heterocycles. The summed E-state index contributed by atoms with van der Waals surface area (Å²) in [5, 5.41) is 14.3. The number of benzene rings is 3. The molecule has 0 heterocycles. The van der Waals surface area contributed by atoms with E-state index in [9.17, 15) is 18.3 Å². The Bertz CT molecular complexity index is 1230.